The van der Waals surface area contributed by atoms with Gasteiger partial charge in [-0.25, -0.2) is 0 Å². The van der Waals surface area contributed by atoms with E-state index >= 15 is 0 Å². The first-order chi connectivity index (χ1) is 20.2. The summed E-state index contributed by atoms with van der Waals surface area (Å²) in [6, 6.07) is -0.100. The van der Waals surface area contributed by atoms with E-state index in [2.05, 4.69) is 18.7 Å². The molecule has 236 valence electrons. The van der Waals surface area contributed by atoms with Crippen molar-refractivity contribution in [3.8, 4) is 0 Å². The molecule has 2 saturated heterocycles. The highest BCUT2D eigenvalue weighted by molar-refractivity contribution is 5.89. The number of likely N-dealkylation sites (tertiary alicyclic amines) is 1. The molecule has 0 aromatic carbocycles. The van der Waals surface area contributed by atoms with Crippen LogP contribution in [0.25, 0.3) is 0 Å². The monoisotopic (exact) mass is 583 g/mol. The third-order valence-electron chi connectivity index (χ3n) is 14.5. The fourth-order valence-electron chi connectivity index (χ4n) is 12.0. The average molecular weight is 584 g/mol. The molecule has 2 aliphatic heterocycles. The molecule has 7 heteroatoms. The molecule has 42 heavy (non-hydrogen) atoms. The van der Waals surface area contributed by atoms with Crippen LogP contribution in [0.15, 0.2) is 0 Å². The fourth-order valence-corrected chi connectivity index (χ4v) is 12.0. The van der Waals surface area contributed by atoms with Crippen LogP contribution >= 0.6 is 0 Å². The second-order valence-corrected chi connectivity index (χ2v) is 16.3. The number of amides is 2. The molecule has 5 aliphatic carbocycles. The summed E-state index contributed by atoms with van der Waals surface area (Å²) < 4.78 is 0. The smallest absolute Gasteiger partial charge is 0.245 e. The Balaban J connectivity index is 0.989. The SMILES string of the molecule is C[C@]12C[C@H](N3CCN(C(=O)[C@@H]4CCCN4C(=O)C4CCCCC4)CC3)[C@@H](O)C[C@@H]1CC[C@@H]1[C@@H]2CC[C@]2(C)[C@@H](O)CC[C@@H]12. The first kappa shape index (κ1) is 29.5. The minimum absolute atomic E-state index is 0.108. The molecular formula is C35H57N3O4. The number of aliphatic hydroxyl groups excluding tert-OH is 2. The lowest BCUT2D eigenvalue weighted by Crippen LogP contribution is -2.63. The number of aliphatic hydroxyl groups is 2. The zero-order valence-corrected chi connectivity index (χ0v) is 26.4. The lowest BCUT2D eigenvalue weighted by molar-refractivity contribution is -0.158. The Morgan fingerprint density at radius 3 is 2.21 bits per heavy atom. The van der Waals surface area contributed by atoms with Gasteiger partial charge in [-0.05, 0) is 112 Å². The molecule has 7 nitrogen and oxygen atoms in total. The van der Waals surface area contributed by atoms with E-state index in [4.69, 9.17) is 0 Å². The molecule has 0 aromatic rings. The second-order valence-electron chi connectivity index (χ2n) is 16.3. The van der Waals surface area contributed by atoms with Crippen molar-refractivity contribution in [2.24, 2.45) is 40.4 Å². The summed E-state index contributed by atoms with van der Waals surface area (Å²) in [4.78, 5) is 33.5. The van der Waals surface area contributed by atoms with Crippen LogP contribution in [-0.4, -0.2) is 93.7 Å². The number of hydrogen-bond acceptors (Lipinski definition) is 5. The summed E-state index contributed by atoms with van der Waals surface area (Å²) in [5, 5.41) is 22.3. The average Bonchev–Trinajstić information content (AvgIpc) is 3.61. The van der Waals surface area contributed by atoms with Crippen LogP contribution in [0.2, 0.25) is 0 Å². The van der Waals surface area contributed by atoms with Crippen LogP contribution in [-0.2, 0) is 9.59 Å². The molecule has 7 aliphatic rings. The number of hydrogen-bond donors (Lipinski definition) is 2. The summed E-state index contributed by atoms with van der Waals surface area (Å²) in [5.74, 6) is 3.19. The third kappa shape index (κ3) is 4.78. The molecule has 0 aromatic heterocycles. The van der Waals surface area contributed by atoms with Crippen molar-refractivity contribution >= 4 is 11.8 Å². The molecule has 10 atom stereocenters. The standard InChI is InChI=1S/C35H57N3O4/c1-34-15-14-27-25(26(34)12-13-31(34)40)11-10-24-21-30(39)29(22-35(24,27)2)36-17-19-37(20-18-36)33(42)28-9-6-16-38(28)32(41)23-7-4-3-5-8-23/h23-31,39-40H,3-22H2,1-2H3/t24-,25-,26-,27-,28-,29-,30-,31-,34-,35-/m0/s1. The quantitative estimate of drug-likeness (QED) is 0.513. The summed E-state index contributed by atoms with van der Waals surface area (Å²) in [6.45, 7) is 8.70. The summed E-state index contributed by atoms with van der Waals surface area (Å²) in [5.41, 5.74) is 0.356. The fraction of sp³-hybridized carbons (Fsp3) is 0.943. The van der Waals surface area contributed by atoms with E-state index in [0.29, 0.717) is 30.8 Å². The first-order valence-electron chi connectivity index (χ1n) is 17.9. The van der Waals surface area contributed by atoms with Crippen LogP contribution in [0.3, 0.4) is 0 Å². The van der Waals surface area contributed by atoms with Crippen molar-refractivity contribution in [3.63, 3.8) is 0 Å². The van der Waals surface area contributed by atoms with Crippen LogP contribution in [0.1, 0.15) is 110 Å². The Hall–Kier alpha value is -1.18. The molecule has 0 bridgehead atoms. The van der Waals surface area contributed by atoms with Crippen LogP contribution in [0.4, 0.5) is 0 Å². The van der Waals surface area contributed by atoms with Crippen LogP contribution in [0.5, 0.6) is 0 Å². The van der Waals surface area contributed by atoms with Crippen molar-refractivity contribution in [1.82, 2.24) is 14.7 Å². The van der Waals surface area contributed by atoms with E-state index in [0.717, 1.165) is 89.8 Å². The highest BCUT2D eigenvalue weighted by atomic mass is 16.3. The van der Waals surface area contributed by atoms with Gasteiger partial charge in [-0.2, -0.15) is 0 Å². The minimum Gasteiger partial charge on any atom is -0.393 e. The molecule has 0 radical (unpaired) electrons. The second kappa shape index (κ2) is 11.3. The van der Waals surface area contributed by atoms with E-state index in [1.165, 1.54) is 32.1 Å². The lowest BCUT2D eigenvalue weighted by Gasteiger charge is -2.62. The van der Waals surface area contributed by atoms with Gasteiger partial charge in [0.25, 0.3) is 0 Å². The zero-order chi connectivity index (χ0) is 29.2. The van der Waals surface area contributed by atoms with Crippen LogP contribution in [0, 0.1) is 40.4 Å². The van der Waals surface area contributed by atoms with Gasteiger partial charge in [-0.1, -0.05) is 33.1 Å². The van der Waals surface area contributed by atoms with Gasteiger partial charge in [0.1, 0.15) is 6.04 Å². The van der Waals surface area contributed by atoms with E-state index in [1.54, 1.807) is 0 Å². The van der Waals surface area contributed by atoms with E-state index in [-0.39, 0.29) is 52.9 Å². The number of nitrogens with zero attached hydrogens (tertiary/aromatic N) is 3. The Labute approximate surface area is 253 Å². The number of fused-ring (bicyclic) bond motifs is 5. The van der Waals surface area contributed by atoms with Gasteiger partial charge < -0.3 is 20.0 Å². The van der Waals surface area contributed by atoms with Crippen molar-refractivity contribution in [1.29, 1.82) is 0 Å². The maximum Gasteiger partial charge on any atom is 0.245 e. The number of piperazine rings is 1. The Bertz CT molecular complexity index is 1020. The molecule has 2 heterocycles. The van der Waals surface area contributed by atoms with Gasteiger partial charge in [-0.3, -0.25) is 14.5 Å². The van der Waals surface area contributed by atoms with E-state index in [1.807, 2.05) is 9.80 Å². The lowest BCUT2D eigenvalue weighted by atomic mass is 9.44. The maximum atomic E-state index is 13.7. The summed E-state index contributed by atoms with van der Waals surface area (Å²) >= 11 is 0. The van der Waals surface area contributed by atoms with E-state index < -0.39 is 0 Å². The molecule has 2 amide bonds. The van der Waals surface area contributed by atoms with Gasteiger partial charge in [0.2, 0.25) is 11.8 Å². The van der Waals surface area contributed by atoms with Gasteiger partial charge >= 0.3 is 0 Å². The molecule has 0 spiro atoms. The topological polar surface area (TPSA) is 84.3 Å². The molecule has 7 fully saturated rings. The highest BCUT2D eigenvalue weighted by Crippen LogP contribution is 2.66. The molecule has 2 N–H and O–H groups in total. The van der Waals surface area contributed by atoms with E-state index in [9.17, 15) is 19.8 Å². The Morgan fingerprint density at radius 2 is 1.45 bits per heavy atom. The van der Waals surface area contributed by atoms with Crippen molar-refractivity contribution in [2.75, 3.05) is 32.7 Å². The summed E-state index contributed by atoms with van der Waals surface area (Å²) in [6.07, 6.45) is 15.8. The highest BCUT2D eigenvalue weighted by Gasteiger charge is 2.61. The van der Waals surface area contributed by atoms with Crippen molar-refractivity contribution in [2.45, 2.75) is 134 Å². The molecule has 7 rings (SSSR count). The summed E-state index contributed by atoms with van der Waals surface area (Å²) in [7, 11) is 0. The van der Waals surface area contributed by atoms with Crippen molar-refractivity contribution < 1.29 is 19.8 Å². The first-order valence-corrected chi connectivity index (χ1v) is 17.9. The zero-order valence-electron chi connectivity index (χ0n) is 26.4. The third-order valence-corrected chi connectivity index (χ3v) is 14.5. The predicted molar refractivity (Wildman–Crippen MR) is 162 cm³/mol. The van der Waals surface area contributed by atoms with Crippen LogP contribution < -0.4 is 0 Å². The predicted octanol–water partition coefficient (Wildman–Crippen LogP) is 4.44. The van der Waals surface area contributed by atoms with Gasteiger partial charge in [-0.15, -0.1) is 0 Å². The Kier molecular flexibility index (Phi) is 7.96. The Morgan fingerprint density at radius 1 is 0.714 bits per heavy atom. The molecular weight excluding hydrogens is 526 g/mol. The number of carbonyl (C=O) groups excluding carboxylic acids is 2. The van der Waals surface area contributed by atoms with Gasteiger partial charge in [0.05, 0.1) is 12.2 Å². The number of carbonyl (C=O) groups is 2. The maximum absolute atomic E-state index is 13.7. The largest absolute Gasteiger partial charge is 0.393 e. The molecule has 5 saturated carbocycles. The number of rotatable bonds is 3. The van der Waals surface area contributed by atoms with Crippen molar-refractivity contribution in [3.05, 3.63) is 0 Å². The molecule has 0 unspecified atom stereocenters. The minimum atomic E-state index is -0.289. The van der Waals surface area contributed by atoms with Gasteiger partial charge in [0.15, 0.2) is 0 Å². The normalized spacial score (nSPS) is 46.7. The van der Waals surface area contributed by atoms with Gasteiger partial charge in [0, 0.05) is 44.7 Å².